The van der Waals surface area contributed by atoms with Crippen LogP contribution < -0.4 is 4.72 Å². The van der Waals surface area contributed by atoms with Gasteiger partial charge in [0.25, 0.3) is 0 Å². The van der Waals surface area contributed by atoms with Crippen LogP contribution >= 0.6 is 0 Å². The second-order valence-corrected chi connectivity index (χ2v) is 7.03. The van der Waals surface area contributed by atoms with Gasteiger partial charge in [-0.25, -0.2) is 13.1 Å². The van der Waals surface area contributed by atoms with Crippen LogP contribution in [0, 0.1) is 0 Å². The molecule has 1 aliphatic rings. The van der Waals surface area contributed by atoms with Crippen molar-refractivity contribution in [2.45, 2.75) is 29.9 Å². The Labute approximate surface area is 125 Å². The topological polar surface area (TPSA) is 84.9 Å². The summed E-state index contributed by atoms with van der Waals surface area (Å²) < 4.78 is 37.9. The Hall–Kier alpha value is -0.990. The maximum absolute atomic E-state index is 12.3. The molecule has 0 bridgehead atoms. The fourth-order valence-corrected chi connectivity index (χ4v) is 3.38. The average molecular weight is 315 g/mol. The van der Waals surface area contributed by atoms with Crippen LogP contribution in [0.5, 0.6) is 0 Å². The number of hydrogen-bond acceptors (Lipinski definition) is 5. The summed E-state index contributed by atoms with van der Waals surface area (Å²) in [5, 5.41) is 9.54. The number of aliphatic hydroxyl groups excluding tert-OH is 1. The molecule has 1 fully saturated rings. The molecule has 21 heavy (non-hydrogen) atoms. The summed E-state index contributed by atoms with van der Waals surface area (Å²) in [6.45, 7) is 2.69. The predicted octanol–water partition coefficient (Wildman–Crippen LogP) is 0.824. The number of benzene rings is 1. The van der Waals surface area contributed by atoms with E-state index >= 15 is 0 Å². The van der Waals surface area contributed by atoms with E-state index in [1.165, 1.54) is 12.1 Å². The molecule has 1 aromatic rings. The van der Waals surface area contributed by atoms with E-state index in [2.05, 4.69) is 4.72 Å². The van der Waals surface area contributed by atoms with Crippen molar-refractivity contribution in [2.75, 3.05) is 26.9 Å². The van der Waals surface area contributed by atoms with Crippen LogP contribution in [-0.4, -0.2) is 46.0 Å². The minimum absolute atomic E-state index is 0.131. The minimum Gasteiger partial charge on any atom is -0.389 e. The molecule has 1 aliphatic heterocycles. The number of nitrogens with one attached hydrogen (secondary N) is 1. The molecular formula is C14H21NO5S. The molecule has 1 heterocycles. The molecule has 2 unspecified atom stereocenters. The highest BCUT2D eigenvalue weighted by Gasteiger charge is 2.36. The van der Waals surface area contributed by atoms with Crippen molar-refractivity contribution in [1.82, 2.24) is 4.72 Å². The SMILES string of the molecule is COC1(CNS(=O)(=O)c2cccc(C(C)O)c2)CCOC1. The summed E-state index contributed by atoms with van der Waals surface area (Å²) in [6.07, 6.45) is -0.0617. The van der Waals surface area contributed by atoms with Crippen molar-refractivity contribution in [3.63, 3.8) is 0 Å². The van der Waals surface area contributed by atoms with E-state index in [0.717, 1.165) is 0 Å². The van der Waals surface area contributed by atoms with E-state index in [0.29, 0.717) is 25.2 Å². The molecule has 118 valence electrons. The first-order valence-corrected chi connectivity index (χ1v) is 8.27. The highest BCUT2D eigenvalue weighted by atomic mass is 32.2. The fourth-order valence-electron chi connectivity index (χ4n) is 2.21. The average Bonchev–Trinajstić information content (AvgIpc) is 2.95. The van der Waals surface area contributed by atoms with Crippen molar-refractivity contribution in [3.8, 4) is 0 Å². The van der Waals surface area contributed by atoms with E-state index in [9.17, 15) is 13.5 Å². The number of methoxy groups -OCH3 is 1. The molecule has 0 aliphatic carbocycles. The fraction of sp³-hybridized carbons (Fsp3) is 0.571. The van der Waals surface area contributed by atoms with E-state index in [-0.39, 0.29) is 11.4 Å². The standard InChI is InChI=1S/C14H21NO5S/c1-11(16)12-4-3-5-13(8-12)21(17,18)15-9-14(19-2)6-7-20-10-14/h3-5,8,11,15-16H,6-7,9-10H2,1-2H3. The Balaban J connectivity index is 2.13. The smallest absolute Gasteiger partial charge is 0.240 e. The monoisotopic (exact) mass is 315 g/mol. The third-order valence-corrected chi connectivity index (χ3v) is 5.13. The molecule has 0 spiro atoms. The summed E-state index contributed by atoms with van der Waals surface area (Å²) in [5.41, 5.74) is -0.0434. The lowest BCUT2D eigenvalue weighted by Gasteiger charge is -2.25. The molecule has 2 N–H and O–H groups in total. The second-order valence-electron chi connectivity index (χ2n) is 5.26. The Morgan fingerprint density at radius 2 is 2.29 bits per heavy atom. The van der Waals surface area contributed by atoms with Crippen LogP contribution in [0.2, 0.25) is 0 Å². The van der Waals surface area contributed by atoms with Gasteiger partial charge in [-0.2, -0.15) is 0 Å². The Bertz CT molecular complexity index is 579. The molecule has 2 atom stereocenters. The molecule has 2 rings (SSSR count). The lowest BCUT2D eigenvalue weighted by molar-refractivity contribution is -0.0120. The number of hydrogen-bond donors (Lipinski definition) is 2. The number of rotatable bonds is 6. The molecule has 0 amide bonds. The van der Waals surface area contributed by atoms with Gasteiger partial charge >= 0.3 is 0 Å². The van der Waals surface area contributed by atoms with Gasteiger partial charge in [-0.3, -0.25) is 0 Å². The molecule has 0 radical (unpaired) electrons. The third kappa shape index (κ3) is 3.81. The molecule has 7 heteroatoms. The van der Waals surface area contributed by atoms with Crippen molar-refractivity contribution < 1.29 is 23.0 Å². The Morgan fingerprint density at radius 1 is 1.52 bits per heavy atom. The maximum atomic E-state index is 12.3. The van der Waals surface area contributed by atoms with Gasteiger partial charge in [-0.15, -0.1) is 0 Å². The highest BCUT2D eigenvalue weighted by Crippen LogP contribution is 2.23. The minimum atomic E-state index is -3.65. The summed E-state index contributed by atoms with van der Waals surface area (Å²) in [5.74, 6) is 0. The molecule has 0 aromatic heterocycles. The van der Waals surface area contributed by atoms with Crippen LogP contribution in [0.1, 0.15) is 25.0 Å². The summed E-state index contributed by atoms with van der Waals surface area (Å²) in [6, 6.07) is 6.27. The molecular weight excluding hydrogens is 294 g/mol. The highest BCUT2D eigenvalue weighted by molar-refractivity contribution is 7.89. The zero-order chi connectivity index (χ0) is 15.5. The molecule has 1 aromatic carbocycles. The largest absolute Gasteiger partial charge is 0.389 e. The van der Waals surface area contributed by atoms with Gasteiger partial charge in [0.2, 0.25) is 10.0 Å². The zero-order valence-electron chi connectivity index (χ0n) is 12.2. The number of aliphatic hydroxyl groups is 1. The van der Waals surface area contributed by atoms with Crippen LogP contribution in [0.3, 0.4) is 0 Å². The molecule has 1 saturated heterocycles. The van der Waals surface area contributed by atoms with E-state index in [4.69, 9.17) is 9.47 Å². The summed E-state index contributed by atoms with van der Waals surface area (Å²) in [7, 11) is -2.10. The Kier molecular flexibility index (Phi) is 5.00. The van der Waals surface area contributed by atoms with Crippen molar-refractivity contribution >= 4 is 10.0 Å². The molecule has 6 nitrogen and oxygen atoms in total. The van der Waals surface area contributed by atoms with Crippen molar-refractivity contribution in [3.05, 3.63) is 29.8 Å². The number of sulfonamides is 1. The lowest BCUT2D eigenvalue weighted by atomic mass is 10.0. The second kappa shape index (κ2) is 6.41. The van der Waals surface area contributed by atoms with Gasteiger partial charge in [-0.05, 0) is 24.6 Å². The van der Waals surface area contributed by atoms with Crippen molar-refractivity contribution in [2.24, 2.45) is 0 Å². The van der Waals surface area contributed by atoms with E-state index in [1.54, 1.807) is 26.2 Å². The van der Waals surface area contributed by atoms with Crippen LogP contribution in [0.25, 0.3) is 0 Å². The van der Waals surface area contributed by atoms with E-state index < -0.39 is 21.7 Å². The lowest BCUT2D eigenvalue weighted by Crippen LogP contribution is -2.44. The van der Waals surface area contributed by atoms with Gasteiger partial charge < -0.3 is 14.6 Å². The van der Waals surface area contributed by atoms with Gasteiger partial charge in [0, 0.05) is 26.7 Å². The zero-order valence-corrected chi connectivity index (χ0v) is 13.0. The summed E-state index contributed by atoms with van der Waals surface area (Å²) in [4.78, 5) is 0.131. The first kappa shape index (κ1) is 16.4. The predicted molar refractivity (Wildman–Crippen MR) is 77.4 cm³/mol. The van der Waals surface area contributed by atoms with Gasteiger partial charge in [0.1, 0.15) is 5.60 Å². The third-order valence-electron chi connectivity index (χ3n) is 3.74. The van der Waals surface area contributed by atoms with Crippen LogP contribution in [-0.2, 0) is 19.5 Å². The van der Waals surface area contributed by atoms with Gasteiger partial charge in [0.15, 0.2) is 0 Å². The molecule has 0 saturated carbocycles. The first-order chi connectivity index (χ1) is 9.88. The van der Waals surface area contributed by atoms with Gasteiger partial charge in [-0.1, -0.05) is 12.1 Å². The van der Waals surface area contributed by atoms with E-state index in [1.807, 2.05) is 0 Å². The number of ether oxygens (including phenoxy) is 2. The maximum Gasteiger partial charge on any atom is 0.240 e. The normalized spacial score (nSPS) is 24.1. The van der Waals surface area contributed by atoms with Gasteiger partial charge in [0.05, 0.1) is 17.6 Å². The summed E-state index contributed by atoms with van der Waals surface area (Å²) >= 11 is 0. The first-order valence-electron chi connectivity index (χ1n) is 6.79. The van der Waals surface area contributed by atoms with Crippen LogP contribution in [0.4, 0.5) is 0 Å². The van der Waals surface area contributed by atoms with Crippen molar-refractivity contribution in [1.29, 1.82) is 0 Å². The quantitative estimate of drug-likeness (QED) is 0.812. The Morgan fingerprint density at radius 3 is 2.86 bits per heavy atom. The van der Waals surface area contributed by atoms with Crippen LogP contribution in [0.15, 0.2) is 29.2 Å².